The van der Waals surface area contributed by atoms with Crippen LogP contribution in [0.5, 0.6) is 0 Å². The molecule has 3 rings (SSSR count). The van der Waals surface area contributed by atoms with Crippen molar-refractivity contribution in [3.05, 3.63) is 40.6 Å². The number of hydrogen-bond acceptors (Lipinski definition) is 1. The van der Waals surface area contributed by atoms with Gasteiger partial charge in [0.15, 0.2) is 11.3 Å². The predicted molar refractivity (Wildman–Crippen MR) is 87.9 cm³/mol. The number of rotatable bonds is 1. The smallest absolute Gasteiger partial charge is 0.197 e. The molecule has 0 aromatic heterocycles. The SMILES string of the molecule is CC(C)C1=[N+]([O-])C2(CCCCC2)C[C@@H](C)c2ccccc21. The second-order valence-electron chi connectivity index (χ2n) is 7.31. The summed E-state index contributed by atoms with van der Waals surface area (Å²) in [6.07, 6.45) is 6.81. The Morgan fingerprint density at radius 1 is 1.14 bits per heavy atom. The van der Waals surface area contributed by atoms with Gasteiger partial charge in [0.25, 0.3) is 0 Å². The van der Waals surface area contributed by atoms with Gasteiger partial charge >= 0.3 is 0 Å². The largest absolute Gasteiger partial charge is 0.623 e. The van der Waals surface area contributed by atoms with Gasteiger partial charge in [-0.3, -0.25) is 0 Å². The minimum absolute atomic E-state index is 0.156. The van der Waals surface area contributed by atoms with Crippen LogP contribution in [0.3, 0.4) is 0 Å². The lowest BCUT2D eigenvalue weighted by atomic mass is 9.75. The first kappa shape index (κ1) is 14.6. The van der Waals surface area contributed by atoms with E-state index < -0.39 is 0 Å². The molecule has 0 amide bonds. The molecule has 1 aromatic rings. The predicted octanol–water partition coefficient (Wildman–Crippen LogP) is 4.85. The molecule has 21 heavy (non-hydrogen) atoms. The topological polar surface area (TPSA) is 26.1 Å². The van der Waals surface area contributed by atoms with Crippen molar-refractivity contribution in [2.45, 2.75) is 70.8 Å². The summed E-state index contributed by atoms with van der Waals surface area (Å²) in [7, 11) is 0. The van der Waals surface area contributed by atoms with Crippen molar-refractivity contribution in [3.8, 4) is 0 Å². The summed E-state index contributed by atoms with van der Waals surface area (Å²) in [5.41, 5.74) is 3.41. The molecule has 2 heteroatoms. The fraction of sp³-hybridized carbons (Fsp3) is 0.632. The van der Waals surface area contributed by atoms with Gasteiger partial charge in [0.05, 0.1) is 0 Å². The first-order valence-electron chi connectivity index (χ1n) is 8.49. The first-order valence-corrected chi connectivity index (χ1v) is 8.49. The van der Waals surface area contributed by atoms with Crippen molar-refractivity contribution < 1.29 is 4.74 Å². The monoisotopic (exact) mass is 285 g/mol. The molecule has 1 saturated carbocycles. The molecule has 114 valence electrons. The Morgan fingerprint density at radius 3 is 2.48 bits per heavy atom. The number of hydrogen-bond donors (Lipinski definition) is 0. The highest BCUT2D eigenvalue weighted by Gasteiger charge is 2.46. The van der Waals surface area contributed by atoms with Gasteiger partial charge in [-0.15, -0.1) is 0 Å². The van der Waals surface area contributed by atoms with Crippen LogP contribution in [0, 0.1) is 11.1 Å². The Morgan fingerprint density at radius 2 is 1.81 bits per heavy atom. The minimum Gasteiger partial charge on any atom is -0.623 e. The highest BCUT2D eigenvalue weighted by molar-refractivity contribution is 6.00. The molecular weight excluding hydrogens is 258 g/mol. The van der Waals surface area contributed by atoms with Gasteiger partial charge in [-0.05, 0) is 30.4 Å². The van der Waals surface area contributed by atoms with Gasteiger partial charge in [0.2, 0.25) is 0 Å². The van der Waals surface area contributed by atoms with Crippen molar-refractivity contribution >= 4 is 5.71 Å². The summed E-state index contributed by atoms with van der Waals surface area (Å²) in [4.78, 5) is 0. The number of benzene rings is 1. The number of hydroxylamine groups is 1. The van der Waals surface area contributed by atoms with E-state index in [9.17, 15) is 5.21 Å². The molecule has 0 bridgehead atoms. The molecule has 1 aliphatic heterocycles. The van der Waals surface area contributed by atoms with Crippen LogP contribution in [-0.2, 0) is 0 Å². The average molecular weight is 285 g/mol. The van der Waals surface area contributed by atoms with Crippen LogP contribution in [0.25, 0.3) is 0 Å². The van der Waals surface area contributed by atoms with E-state index in [1.165, 1.54) is 35.1 Å². The summed E-state index contributed by atoms with van der Waals surface area (Å²) in [6.45, 7) is 6.61. The molecule has 2 aliphatic rings. The third kappa shape index (κ3) is 2.39. The van der Waals surface area contributed by atoms with E-state index in [4.69, 9.17) is 0 Å². The van der Waals surface area contributed by atoms with Crippen LogP contribution in [0.1, 0.15) is 76.3 Å². The lowest BCUT2D eigenvalue weighted by Crippen LogP contribution is -2.45. The van der Waals surface area contributed by atoms with Gasteiger partial charge in [0, 0.05) is 30.7 Å². The summed E-state index contributed by atoms with van der Waals surface area (Å²) in [5.74, 6) is 0.736. The number of fused-ring (bicyclic) bond motifs is 1. The maximum atomic E-state index is 13.4. The van der Waals surface area contributed by atoms with Gasteiger partial charge in [-0.25, -0.2) is 4.74 Å². The Balaban J connectivity index is 2.20. The van der Waals surface area contributed by atoms with Gasteiger partial charge in [-0.2, -0.15) is 0 Å². The Labute approximate surface area is 128 Å². The Hall–Kier alpha value is -1.31. The quantitative estimate of drug-likeness (QED) is 0.535. The van der Waals surface area contributed by atoms with Crippen LogP contribution in [0.15, 0.2) is 24.3 Å². The zero-order valence-electron chi connectivity index (χ0n) is 13.6. The van der Waals surface area contributed by atoms with E-state index in [-0.39, 0.29) is 11.5 Å². The summed E-state index contributed by atoms with van der Waals surface area (Å²) >= 11 is 0. The molecule has 1 fully saturated rings. The maximum Gasteiger partial charge on any atom is 0.197 e. The van der Waals surface area contributed by atoms with Crippen molar-refractivity contribution in [1.82, 2.24) is 0 Å². The lowest BCUT2D eigenvalue weighted by Gasteiger charge is -2.37. The molecule has 0 N–H and O–H groups in total. The molecular formula is C19H27NO. The standard InChI is InChI=1S/C19H27NO/c1-14(2)18-17-10-6-5-9-16(17)15(3)13-19(20(18)21)11-7-4-8-12-19/h5-6,9-10,14-15H,4,7-8,11-13H2,1-3H3/t15-/m1/s1. The molecule has 0 unspecified atom stereocenters. The van der Waals surface area contributed by atoms with Crippen molar-refractivity contribution in [3.63, 3.8) is 0 Å². The second kappa shape index (κ2) is 5.47. The molecule has 1 spiro atoms. The zero-order valence-corrected chi connectivity index (χ0v) is 13.6. The fourth-order valence-electron chi connectivity index (χ4n) is 4.45. The molecule has 1 heterocycles. The third-order valence-corrected chi connectivity index (χ3v) is 5.43. The van der Waals surface area contributed by atoms with E-state index in [2.05, 4.69) is 45.0 Å². The summed E-state index contributed by atoms with van der Waals surface area (Å²) in [5, 5.41) is 13.4. The highest BCUT2D eigenvalue weighted by atomic mass is 16.5. The minimum atomic E-state index is -0.156. The Bertz CT molecular complexity index is 552. The molecule has 1 aliphatic carbocycles. The van der Waals surface area contributed by atoms with E-state index in [1.807, 2.05) is 0 Å². The molecule has 2 nitrogen and oxygen atoms in total. The molecule has 0 radical (unpaired) electrons. The van der Waals surface area contributed by atoms with E-state index in [0.717, 1.165) is 25.0 Å². The number of nitrogens with zero attached hydrogens (tertiary/aromatic N) is 1. The van der Waals surface area contributed by atoms with Crippen LogP contribution in [0.4, 0.5) is 0 Å². The normalized spacial score (nSPS) is 25.0. The highest BCUT2D eigenvalue weighted by Crippen LogP contribution is 2.42. The van der Waals surface area contributed by atoms with Crippen LogP contribution >= 0.6 is 0 Å². The maximum absolute atomic E-state index is 13.4. The fourth-order valence-corrected chi connectivity index (χ4v) is 4.45. The van der Waals surface area contributed by atoms with Crippen molar-refractivity contribution in [1.29, 1.82) is 0 Å². The molecule has 1 atom stereocenters. The van der Waals surface area contributed by atoms with Crippen LogP contribution in [0.2, 0.25) is 0 Å². The van der Waals surface area contributed by atoms with E-state index >= 15 is 0 Å². The van der Waals surface area contributed by atoms with E-state index in [0.29, 0.717) is 5.92 Å². The average Bonchev–Trinajstić information content (AvgIpc) is 2.55. The second-order valence-corrected chi connectivity index (χ2v) is 7.31. The molecule has 0 saturated heterocycles. The van der Waals surface area contributed by atoms with Gasteiger partial charge < -0.3 is 5.21 Å². The van der Waals surface area contributed by atoms with Crippen molar-refractivity contribution in [2.24, 2.45) is 5.92 Å². The summed E-state index contributed by atoms with van der Waals surface area (Å²) in [6, 6.07) is 8.55. The van der Waals surface area contributed by atoms with E-state index in [1.54, 1.807) is 0 Å². The van der Waals surface area contributed by atoms with Gasteiger partial charge in [0.1, 0.15) is 0 Å². The van der Waals surface area contributed by atoms with Crippen LogP contribution < -0.4 is 0 Å². The van der Waals surface area contributed by atoms with Crippen LogP contribution in [-0.4, -0.2) is 16.0 Å². The third-order valence-electron chi connectivity index (χ3n) is 5.43. The Kier molecular flexibility index (Phi) is 3.81. The van der Waals surface area contributed by atoms with Crippen molar-refractivity contribution in [2.75, 3.05) is 0 Å². The summed E-state index contributed by atoms with van der Waals surface area (Å²) < 4.78 is 1.44. The molecule has 1 aromatic carbocycles. The van der Waals surface area contributed by atoms with Gasteiger partial charge in [-0.1, -0.05) is 45.4 Å². The zero-order chi connectivity index (χ0) is 15.0. The first-order chi connectivity index (χ1) is 10.1. The lowest BCUT2D eigenvalue weighted by molar-refractivity contribution is -0.558.